The number of carbonyl (C=O) groups excluding carboxylic acids is 1. The number of hydrogen-bond acceptors (Lipinski definition) is 7. The lowest BCUT2D eigenvalue weighted by molar-refractivity contribution is -0.141. The molecule has 27 heavy (non-hydrogen) atoms. The van der Waals surface area contributed by atoms with Crippen LogP contribution in [0.15, 0.2) is 39.5 Å². The number of ether oxygens (including phenoxy) is 3. The number of alkyl halides is 2. The lowest BCUT2D eigenvalue weighted by Crippen LogP contribution is -2.14. The first-order chi connectivity index (χ1) is 12.8. The molecule has 0 amide bonds. The van der Waals surface area contributed by atoms with Crippen molar-refractivity contribution >= 4 is 5.97 Å². The highest BCUT2D eigenvalue weighted by Crippen LogP contribution is 2.35. The summed E-state index contributed by atoms with van der Waals surface area (Å²) in [5.74, 6) is -2.53. The minimum atomic E-state index is -3.03. The number of hydrogen-bond donors (Lipinski definition) is 1. The van der Waals surface area contributed by atoms with Crippen molar-refractivity contribution in [1.82, 2.24) is 0 Å². The molecule has 1 N–H and O–H groups in total. The zero-order chi connectivity index (χ0) is 20.0. The fraction of sp³-hybridized carbons (Fsp3) is 0.333. The molecule has 0 bridgehead atoms. The maximum absolute atomic E-state index is 12.5. The van der Waals surface area contributed by atoms with Gasteiger partial charge in [0.05, 0.1) is 19.4 Å². The van der Waals surface area contributed by atoms with Crippen LogP contribution in [0.4, 0.5) is 8.78 Å². The van der Waals surface area contributed by atoms with Gasteiger partial charge in [-0.2, -0.15) is 8.78 Å². The molecule has 0 aliphatic carbocycles. The van der Waals surface area contributed by atoms with Crippen molar-refractivity contribution in [3.8, 4) is 11.5 Å². The van der Waals surface area contributed by atoms with E-state index < -0.39 is 29.7 Å². The highest BCUT2D eigenvalue weighted by molar-refractivity contribution is 5.71. The molecule has 0 fully saturated rings. The lowest BCUT2D eigenvalue weighted by Gasteiger charge is -2.18. The van der Waals surface area contributed by atoms with Gasteiger partial charge in [-0.25, -0.2) is 0 Å². The van der Waals surface area contributed by atoms with E-state index >= 15 is 0 Å². The summed E-state index contributed by atoms with van der Waals surface area (Å²) in [5, 5.41) is 10.2. The summed E-state index contributed by atoms with van der Waals surface area (Å²) in [4.78, 5) is 23.9. The van der Waals surface area contributed by atoms with Crippen molar-refractivity contribution < 1.29 is 37.3 Å². The summed E-state index contributed by atoms with van der Waals surface area (Å²) in [6, 6.07) is 6.60. The van der Waals surface area contributed by atoms with Crippen LogP contribution in [0.5, 0.6) is 11.5 Å². The average molecular weight is 384 g/mol. The van der Waals surface area contributed by atoms with Gasteiger partial charge in [0.25, 0.3) is 0 Å². The zero-order valence-corrected chi connectivity index (χ0v) is 14.6. The summed E-state index contributed by atoms with van der Waals surface area (Å²) in [5.41, 5.74) is -0.412. The van der Waals surface area contributed by atoms with Crippen LogP contribution in [-0.4, -0.2) is 31.9 Å². The van der Waals surface area contributed by atoms with E-state index in [1.807, 2.05) is 0 Å². The molecule has 1 aromatic heterocycles. The minimum Gasteiger partial charge on any atom is -0.502 e. The molecule has 1 heterocycles. The summed E-state index contributed by atoms with van der Waals surface area (Å²) >= 11 is 0. The van der Waals surface area contributed by atoms with Crippen LogP contribution in [0.1, 0.15) is 29.4 Å². The topological polar surface area (TPSA) is 95.2 Å². The highest BCUT2D eigenvalue weighted by atomic mass is 19.3. The fourth-order valence-corrected chi connectivity index (χ4v) is 2.52. The van der Waals surface area contributed by atoms with Crippen molar-refractivity contribution in [2.24, 2.45) is 0 Å². The van der Waals surface area contributed by atoms with Gasteiger partial charge in [-0.3, -0.25) is 9.59 Å². The summed E-state index contributed by atoms with van der Waals surface area (Å²) < 4.78 is 44.4. The van der Waals surface area contributed by atoms with Gasteiger partial charge >= 0.3 is 12.6 Å². The predicted molar refractivity (Wildman–Crippen MR) is 88.9 cm³/mol. The van der Waals surface area contributed by atoms with Crippen LogP contribution < -0.4 is 10.2 Å². The molecule has 146 valence electrons. The molecule has 1 unspecified atom stereocenters. The van der Waals surface area contributed by atoms with Crippen LogP contribution in [0.25, 0.3) is 0 Å². The first kappa shape index (κ1) is 20.4. The summed E-state index contributed by atoms with van der Waals surface area (Å²) in [6.07, 6.45) is -0.304. The second-order valence-electron chi connectivity index (χ2n) is 5.51. The van der Waals surface area contributed by atoms with Crippen LogP contribution in [-0.2, 0) is 20.9 Å². The molecule has 2 aromatic rings. The van der Waals surface area contributed by atoms with E-state index in [1.54, 1.807) is 0 Å². The molecule has 9 heteroatoms. The van der Waals surface area contributed by atoms with Gasteiger partial charge < -0.3 is 23.7 Å². The fourth-order valence-electron chi connectivity index (χ4n) is 2.52. The number of halogens is 2. The van der Waals surface area contributed by atoms with Crippen molar-refractivity contribution in [3.05, 3.63) is 57.6 Å². The van der Waals surface area contributed by atoms with E-state index in [0.29, 0.717) is 5.56 Å². The number of methoxy groups -OCH3 is 2. The van der Waals surface area contributed by atoms with Crippen molar-refractivity contribution in [3.63, 3.8) is 0 Å². The maximum atomic E-state index is 12.5. The second-order valence-corrected chi connectivity index (χ2v) is 5.51. The van der Waals surface area contributed by atoms with Gasteiger partial charge in [0.15, 0.2) is 5.76 Å². The Kier molecular flexibility index (Phi) is 6.89. The molecular formula is C18H18F2O7. The monoisotopic (exact) mass is 384 g/mol. The Hall–Kier alpha value is -2.94. The Labute approximate surface area is 153 Å². The third kappa shape index (κ3) is 5.27. The molecule has 0 saturated carbocycles. The van der Waals surface area contributed by atoms with Gasteiger partial charge in [-0.15, -0.1) is 0 Å². The van der Waals surface area contributed by atoms with E-state index in [1.165, 1.54) is 38.5 Å². The van der Waals surface area contributed by atoms with E-state index in [2.05, 4.69) is 9.47 Å². The lowest BCUT2D eigenvalue weighted by atomic mass is 9.92. The third-order valence-corrected chi connectivity index (χ3v) is 3.69. The van der Waals surface area contributed by atoms with Gasteiger partial charge in [0, 0.05) is 13.2 Å². The van der Waals surface area contributed by atoms with Gasteiger partial charge in [0.2, 0.25) is 11.2 Å². The standard InChI is InChI=1S/C18H18F2O7/c1-24-9-12-7-14(21)16(23)17(26-12)13(8-15(22)25-2)10-4-3-5-11(6-10)27-18(19)20/h3-7,13,18,23H,8-9H2,1-2H3. The molecule has 2 rings (SSSR count). The summed E-state index contributed by atoms with van der Waals surface area (Å²) in [7, 11) is 2.57. The van der Waals surface area contributed by atoms with Gasteiger partial charge in [0.1, 0.15) is 18.1 Å². The maximum Gasteiger partial charge on any atom is 0.387 e. The molecule has 1 atom stereocenters. The molecular weight excluding hydrogens is 366 g/mol. The molecule has 0 aliphatic heterocycles. The number of carbonyl (C=O) groups is 1. The number of esters is 1. The largest absolute Gasteiger partial charge is 0.502 e. The minimum absolute atomic E-state index is 0.0397. The smallest absolute Gasteiger partial charge is 0.387 e. The quantitative estimate of drug-likeness (QED) is 0.699. The molecule has 0 saturated heterocycles. The number of rotatable bonds is 8. The van der Waals surface area contributed by atoms with Crippen molar-refractivity contribution in [2.75, 3.05) is 14.2 Å². The molecule has 0 spiro atoms. The van der Waals surface area contributed by atoms with Crippen molar-refractivity contribution in [1.29, 1.82) is 0 Å². The van der Waals surface area contributed by atoms with E-state index in [4.69, 9.17) is 9.15 Å². The van der Waals surface area contributed by atoms with Crippen LogP contribution in [0, 0.1) is 0 Å². The highest BCUT2D eigenvalue weighted by Gasteiger charge is 2.27. The van der Waals surface area contributed by atoms with Crippen LogP contribution >= 0.6 is 0 Å². The normalized spacial score (nSPS) is 12.0. The van der Waals surface area contributed by atoms with Gasteiger partial charge in [-0.05, 0) is 17.7 Å². The third-order valence-electron chi connectivity index (χ3n) is 3.69. The Bertz CT molecular complexity index is 848. The molecule has 1 aromatic carbocycles. The summed E-state index contributed by atoms with van der Waals surface area (Å²) in [6.45, 7) is -3.07. The molecule has 0 radical (unpaired) electrons. The van der Waals surface area contributed by atoms with Gasteiger partial charge in [-0.1, -0.05) is 12.1 Å². The van der Waals surface area contributed by atoms with Crippen LogP contribution in [0.3, 0.4) is 0 Å². The Morgan fingerprint density at radius 1 is 1.26 bits per heavy atom. The average Bonchev–Trinajstić information content (AvgIpc) is 2.62. The molecule has 7 nitrogen and oxygen atoms in total. The Morgan fingerprint density at radius 3 is 2.63 bits per heavy atom. The molecule has 0 aliphatic rings. The van der Waals surface area contributed by atoms with Crippen molar-refractivity contribution in [2.45, 2.75) is 25.6 Å². The SMILES string of the molecule is COCc1cc(=O)c(O)c(C(CC(=O)OC)c2cccc(OC(F)F)c2)o1. The number of benzene rings is 1. The van der Waals surface area contributed by atoms with E-state index in [-0.39, 0.29) is 30.3 Å². The first-order valence-electron chi connectivity index (χ1n) is 7.82. The Balaban J connectivity index is 2.56. The second kappa shape index (κ2) is 9.13. The van der Waals surface area contributed by atoms with E-state index in [0.717, 1.165) is 6.07 Å². The van der Waals surface area contributed by atoms with Crippen LogP contribution in [0.2, 0.25) is 0 Å². The zero-order valence-electron chi connectivity index (χ0n) is 14.6. The Morgan fingerprint density at radius 2 is 2.00 bits per heavy atom. The first-order valence-corrected chi connectivity index (χ1v) is 7.82. The number of aromatic hydroxyl groups is 1. The van der Waals surface area contributed by atoms with E-state index in [9.17, 15) is 23.5 Å². The predicted octanol–water partition coefficient (Wildman–Crippen LogP) is 2.79.